The van der Waals surface area contributed by atoms with Gasteiger partial charge >= 0.3 is 11.9 Å². The minimum absolute atomic E-state index is 0.0680. The van der Waals surface area contributed by atoms with Gasteiger partial charge < -0.3 is 20.1 Å². The third-order valence-electron chi connectivity index (χ3n) is 8.52. The van der Waals surface area contributed by atoms with E-state index in [1.807, 2.05) is 0 Å². The lowest BCUT2D eigenvalue weighted by molar-refractivity contribution is -0.164. The van der Waals surface area contributed by atoms with Crippen LogP contribution in [0.1, 0.15) is 39.0 Å². The van der Waals surface area contributed by atoms with E-state index in [0.717, 1.165) is 5.57 Å². The number of aliphatic hydroxyl groups excluding tert-OH is 2. The maximum Gasteiger partial charge on any atom is 0.315 e. The van der Waals surface area contributed by atoms with E-state index in [-0.39, 0.29) is 11.8 Å². The fraction of sp³-hybridized carbons (Fsp3) is 0.789. The first-order valence-electron chi connectivity index (χ1n) is 9.18. The van der Waals surface area contributed by atoms with E-state index >= 15 is 0 Å². The van der Waals surface area contributed by atoms with Crippen molar-refractivity contribution in [3.8, 4) is 0 Å². The highest BCUT2D eigenvalue weighted by Crippen LogP contribution is 2.77. The van der Waals surface area contributed by atoms with Gasteiger partial charge in [0.15, 0.2) is 0 Å². The maximum absolute atomic E-state index is 12.7. The van der Waals surface area contributed by atoms with Crippen molar-refractivity contribution in [1.29, 1.82) is 0 Å². The summed E-state index contributed by atoms with van der Waals surface area (Å²) >= 11 is 0. The smallest absolute Gasteiger partial charge is 0.315 e. The van der Waals surface area contributed by atoms with E-state index in [1.165, 1.54) is 0 Å². The van der Waals surface area contributed by atoms with E-state index in [2.05, 4.69) is 6.58 Å². The van der Waals surface area contributed by atoms with E-state index < -0.39 is 52.4 Å². The maximum atomic E-state index is 12.7. The summed E-state index contributed by atoms with van der Waals surface area (Å²) in [5.41, 5.74) is -1.66. The van der Waals surface area contributed by atoms with Crippen LogP contribution in [-0.2, 0) is 14.3 Å². The second-order valence-corrected chi connectivity index (χ2v) is 9.21. The number of hydrogen-bond acceptors (Lipinski definition) is 5. The fourth-order valence-corrected chi connectivity index (χ4v) is 7.64. The zero-order valence-corrected chi connectivity index (χ0v) is 14.3. The zero-order valence-electron chi connectivity index (χ0n) is 14.3. The van der Waals surface area contributed by atoms with Gasteiger partial charge in [0, 0.05) is 17.8 Å². The Bertz CT molecular complexity index is 717. The van der Waals surface area contributed by atoms with Crippen LogP contribution in [0.15, 0.2) is 12.2 Å². The molecule has 4 saturated carbocycles. The summed E-state index contributed by atoms with van der Waals surface area (Å²) in [7, 11) is 0. The van der Waals surface area contributed by atoms with Gasteiger partial charge in [-0.2, -0.15) is 0 Å². The van der Waals surface area contributed by atoms with E-state index in [4.69, 9.17) is 4.74 Å². The Morgan fingerprint density at radius 3 is 2.76 bits per heavy atom. The number of carbonyl (C=O) groups is 2. The first-order chi connectivity index (χ1) is 11.7. The molecule has 136 valence electrons. The van der Waals surface area contributed by atoms with Gasteiger partial charge in [-0.15, -0.1) is 0 Å². The fourth-order valence-electron chi connectivity index (χ4n) is 7.64. The Kier molecular flexibility index (Phi) is 2.71. The normalized spacial score (nSPS) is 58.7. The van der Waals surface area contributed by atoms with Crippen molar-refractivity contribution >= 4 is 11.9 Å². The molecular formula is C19H24O6. The third-order valence-corrected chi connectivity index (χ3v) is 8.52. The highest BCUT2D eigenvalue weighted by molar-refractivity contribution is 5.85. The predicted octanol–water partition coefficient (Wildman–Crippen LogP) is 1.11. The van der Waals surface area contributed by atoms with Crippen LogP contribution in [0.3, 0.4) is 0 Å². The first-order valence-corrected chi connectivity index (χ1v) is 9.18. The Hall–Kier alpha value is -1.40. The molecular weight excluding hydrogens is 324 g/mol. The van der Waals surface area contributed by atoms with Crippen molar-refractivity contribution in [3.05, 3.63) is 12.2 Å². The molecule has 9 atom stereocenters. The number of rotatable bonds is 1. The molecule has 1 spiro atoms. The van der Waals surface area contributed by atoms with Gasteiger partial charge in [0.2, 0.25) is 0 Å². The highest BCUT2D eigenvalue weighted by Gasteiger charge is 2.83. The second kappa shape index (κ2) is 4.29. The van der Waals surface area contributed by atoms with Crippen LogP contribution in [0.4, 0.5) is 0 Å². The van der Waals surface area contributed by atoms with Gasteiger partial charge in [-0.25, -0.2) is 0 Å². The topological polar surface area (TPSA) is 104 Å². The summed E-state index contributed by atoms with van der Waals surface area (Å²) in [5, 5.41) is 31.4. The summed E-state index contributed by atoms with van der Waals surface area (Å²) < 4.78 is 5.95. The van der Waals surface area contributed by atoms with Crippen LogP contribution in [0.2, 0.25) is 0 Å². The number of fused-ring (bicyclic) bond motifs is 1. The average Bonchev–Trinajstić information content (AvgIpc) is 3.02. The monoisotopic (exact) mass is 348 g/mol. The van der Waals surface area contributed by atoms with Gasteiger partial charge in [-0.3, -0.25) is 9.59 Å². The molecule has 25 heavy (non-hydrogen) atoms. The standard InChI is InChI=1S/C19H24O6/c1-8-6-18-7-9(8)10(20)5-11(18)19-4-3-12(21)17(2,16(24)25-19)14(19)13(18)15(22)23/h9-14,20-21H,1,3-7H2,2H3,(H,22,23)/t9-,10+,11-,12+,13-,14-,17-,18+,19-/m1/s1. The number of ether oxygens (including phenoxy) is 1. The van der Waals surface area contributed by atoms with Crippen LogP contribution < -0.4 is 0 Å². The number of carbonyl (C=O) groups excluding carboxylic acids is 1. The number of esters is 1. The molecule has 1 saturated heterocycles. The molecule has 5 rings (SSSR count). The number of carboxylic acid groups (broad SMARTS) is 1. The number of carboxylic acids is 1. The van der Waals surface area contributed by atoms with Crippen LogP contribution in [0, 0.1) is 34.5 Å². The number of aliphatic carboxylic acids is 1. The molecule has 0 aromatic rings. The van der Waals surface area contributed by atoms with Crippen molar-refractivity contribution in [2.75, 3.05) is 0 Å². The zero-order chi connectivity index (χ0) is 17.9. The summed E-state index contributed by atoms with van der Waals surface area (Å²) in [5.74, 6) is -2.94. The van der Waals surface area contributed by atoms with Crippen LogP contribution in [0.5, 0.6) is 0 Å². The molecule has 0 amide bonds. The second-order valence-electron chi connectivity index (χ2n) is 9.21. The third kappa shape index (κ3) is 1.44. The van der Waals surface area contributed by atoms with Crippen molar-refractivity contribution in [1.82, 2.24) is 0 Å². The molecule has 1 aliphatic heterocycles. The molecule has 3 N–H and O–H groups in total. The number of hydrogen-bond donors (Lipinski definition) is 3. The minimum Gasteiger partial charge on any atom is -0.481 e. The summed E-state index contributed by atoms with van der Waals surface area (Å²) in [6, 6.07) is 0. The molecule has 1 heterocycles. The molecule has 4 aliphatic carbocycles. The van der Waals surface area contributed by atoms with Gasteiger partial charge in [0.25, 0.3) is 0 Å². The Morgan fingerprint density at radius 2 is 2.08 bits per heavy atom. The highest BCUT2D eigenvalue weighted by atomic mass is 16.6. The van der Waals surface area contributed by atoms with E-state index in [0.29, 0.717) is 32.1 Å². The molecule has 5 aliphatic rings. The molecule has 0 aromatic heterocycles. The molecule has 5 fully saturated rings. The first kappa shape index (κ1) is 15.8. The molecule has 4 bridgehead atoms. The lowest BCUT2D eigenvalue weighted by Gasteiger charge is -2.45. The molecule has 6 nitrogen and oxygen atoms in total. The summed E-state index contributed by atoms with van der Waals surface area (Å²) in [6.45, 7) is 5.78. The SMILES string of the molecule is C=C1C[C@]23C[C@H]1[C@@H](O)C[C@H]2[C@@]12CC[C@H](O)[C@@](C)(C(=O)O1)[C@H]2[C@@H]3C(=O)O. The van der Waals surface area contributed by atoms with Gasteiger partial charge in [0.05, 0.1) is 23.5 Å². The summed E-state index contributed by atoms with van der Waals surface area (Å²) in [4.78, 5) is 25.1. The van der Waals surface area contributed by atoms with Crippen LogP contribution >= 0.6 is 0 Å². The molecule has 6 heteroatoms. The Labute approximate surface area is 145 Å². The quantitative estimate of drug-likeness (QED) is 0.484. The number of aliphatic hydroxyl groups is 2. The predicted molar refractivity (Wildman–Crippen MR) is 85.2 cm³/mol. The molecule has 0 aromatic carbocycles. The Morgan fingerprint density at radius 1 is 1.36 bits per heavy atom. The largest absolute Gasteiger partial charge is 0.481 e. The van der Waals surface area contributed by atoms with Gasteiger partial charge in [-0.05, 0) is 44.4 Å². The van der Waals surface area contributed by atoms with Crippen LogP contribution in [0.25, 0.3) is 0 Å². The molecule has 0 unspecified atom stereocenters. The Balaban J connectivity index is 1.76. The van der Waals surface area contributed by atoms with Crippen molar-refractivity contribution in [3.63, 3.8) is 0 Å². The van der Waals surface area contributed by atoms with E-state index in [9.17, 15) is 24.9 Å². The van der Waals surface area contributed by atoms with Crippen molar-refractivity contribution < 1.29 is 29.6 Å². The lowest BCUT2D eigenvalue weighted by atomic mass is 9.59. The van der Waals surface area contributed by atoms with Gasteiger partial charge in [0.1, 0.15) is 5.60 Å². The van der Waals surface area contributed by atoms with Crippen molar-refractivity contribution in [2.45, 2.75) is 56.8 Å². The molecule has 0 radical (unpaired) electrons. The van der Waals surface area contributed by atoms with Crippen LogP contribution in [-0.4, -0.2) is 45.1 Å². The average molecular weight is 348 g/mol. The van der Waals surface area contributed by atoms with Gasteiger partial charge in [-0.1, -0.05) is 12.2 Å². The summed E-state index contributed by atoms with van der Waals surface area (Å²) in [6.07, 6.45) is 1.06. The minimum atomic E-state index is -1.18. The lowest BCUT2D eigenvalue weighted by Crippen LogP contribution is -2.53. The van der Waals surface area contributed by atoms with Crippen molar-refractivity contribution in [2.24, 2.45) is 34.5 Å². The van der Waals surface area contributed by atoms with E-state index in [1.54, 1.807) is 6.92 Å².